The van der Waals surface area contributed by atoms with Crippen LogP contribution < -0.4 is 5.32 Å². The van der Waals surface area contributed by atoms with Crippen molar-refractivity contribution in [1.82, 2.24) is 5.32 Å². The van der Waals surface area contributed by atoms with Crippen molar-refractivity contribution >= 4 is 11.9 Å². The monoisotopic (exact) mass is 285 g/mol. The summed E-state index contributed by atoms with van der Waals surface area (Å²) >= 11 is 0. The summed E-state index contributed by atoms with van der Waals surface area (Å²) in [4.78, 5) is 22.7. The van der Waals surface area contributed by atoms with Gasteiger partial charge >= 0.3 is 5.97 Å². The standard InChI is InChI=1S/C17H19NO3/c19-15(12-7-13(12)16(20)21)18-9-11-8-17(11)6-5-10-3-1-2-4-14(10)17/h1-4,11-13H,5-9H2,(H,18,19)(H,20,21)/t11-,12+,13-,17-/m1/s1. The third-order valence-electron chi connectivity index (χ3n) is 5.59. The Labute approximate surface area is 123 Å². The minimum Gasteiger partial charge on any atom is -0.481 e. The summed E-state index contributed by atoms with van der Waals surface area (Å²) in [6.07, 6.45) is 3.98. The molecule has 2 saturated carbocycles. The van der Waals surface area contributed by atoms with Crippen LogP contribution in [0.25, 0.3) is 0 Å². The van der Waals surface area contributed by atoms with E-state index in [9.17, 15) is 9.59 Å². The van der Waals surface area contributed by atoms with E-state index in [2.05, 4.69) is 29.6 Å². The number of aliphatic carboxylic acids is 1. The molecule has 21 heavy (non-hydrogen) atoms. The molecule has 4 atom stereocenters. The number of amides is 1. The van der Waals surface area contributed by atoms with Crippen molar-refractivity contribution in [2.75, 3.05) is 6.54 Å². The maximum Gasteiger partial charge on any atom is 0.307 e. The average molecular weight is 285 g/mol. The molecule has 0 unspecified atom stereocenters. The Hall–Kier alpha value is -1.84. The molecule has 0 saturated heterocycles. The van der Waals surface area contributed by atoms with Gasteiger partial charge in [-0.05, 0) is 42.7 Å². The van der Waals surface area contributed by atoms with Crippen molar-refractivity contribution in [3.63, 3.8) is 0 Å². The number of fused-ring (bicyclic) bond motifs is 2. The first-order chi connectivity index (χ1) is 10.1. The molecule has 0 radical (unpaired) electrons. The van der Waals surface area contributed by atoms with E-state index in [1.807, 2.05) is 0 Å². The first-order valence-electron chi connectivity index (χ1n) is 7.71. The number of hydrogen-bond donors (Lipinski definition) is 2. The van der Waals surface area contributed by atoms with Gasteiger partial charge in [-0.2, -0.15) is 0 Å². The largest absolute Gasteiger partial charge is 0.481 e. The molecular weight excluding hydrogens is 266 g/mol. The summed E-state index contributed by atoms with van der Waals surface area (Å²) in [7, 11) is 0. The van der Waals surface area contributed by atoms with Crippen molar-refractivity contribution < 1.29 is 14.7 Å². The van der Waals surface area contributed by atoms with Crippen LogP contribution in [0.1, 0.15) is 30.4 Å². The molecule has 0 heterocycles. The van der Waals surface area contributed by atoms with Crippen molar-refractivity contribution in [2.45, 2.75) is 31.1 Å². The molecule has 0 aromatic heterocycles. The van der Waals surface area contributed by atoms with Crippen LogP contribution in [0.2, 0.25) is 0 Å². The Kier molecular flexibility index (Phi) is 2.65. The quantitative estimate of drug-likeness (QED) is 0.885. The van der Waals surface area contributed by atoms with Gasteiger partial charge < -0.3 is 10.4 Å². The molecule has 2 N–H and O–H groups in total. The fraction of sp³-hybridized carbons (Fsp3) is 0.529. The Morgan fingerprint density at radius 1 is 1.29 bits per heavy atom. The fourth-order valence-electron chi connectivity index (χ4n) is 4.11. The fourth-order valence-corrected chi connectivity index (χ4v) is 4.11. The summed E-state index contributed by atoms with van der Waals surface area (Å²) in [6, 6.07) is 8.63. The zero-order chi connectivity index (χ0) is 14.6. The molecule has 4 nitrogen and oxygen atoms in total. The Morgan fingerprint density at radius 2 is 2.10 bits per heavy atom. The van der Waals surface area contributed by atoms with Gasteiger partial charge in [-0.25, -0.2) is 0 Å². The number of carboxylic acids is 1. The van der Waals surface area contributed by atoms with E-state index < -0.39 is 11.9 Å². The van der Waals surface area contributed by atoms with Crippen LogP contribution in [0.3, 0.4) is 0 Å². The van der Waals surface area contributed by atoms with Crippen LogP contribution in [-0.4, -0.2) is 23.5 Å². The normalized spacial score (nSPS) is 35.3. The first-order valence-corrected chi connectivity index (χ1v) is 7.71. The second kappa shape index (κ2) is 4.33. The van der Waals surface area contributed by atoms with Gasteiger partial charge in [0.15, 0.2) is 0 Å². The third kappa shape index (κ3) is 1.96. The van der Waals surface area contributed by atoms with Gasteiger partial charge in [0, 0.05) is 12.0 Å². The molecular formula is C17H19NO3. The number of hydrogen-bond acceptors (Lipinski definition) is 2. The summed E-state index contributed by atoms with van der Waals surface area (Å²) in [5, 5.41) is 11.8. The molecule has 110 valence electrons. The lowest BCUT2D eigenvalue weighted by atomic mass is 9.95. The summed E-state index contributed by atoms with van der Waals surface area (Å²) < 4.78 is 0. The molecule has 1 amide bonds. The smallest absolute Gasteiger partial charge is 0.307 e. The number of rotatable bonds is 4. The van der Waals surface area contributed by atoms with Crippen molar-refractivity contribution in [1.29, 1.82) is 0 Å². The number of carboxylic acid groups (broad SMARTS) is 1. The maximum absolute atomic E-state index is 11.9. The SMILES string of the molecule is O=C(NC[C@H]1C[C@]12CCc1ccccc12)[C@H]1C[C@H]1C(=O)O. The number of benzene rings is 1. The molecule has 3 aliphatic carbocycles. The highest BCUT2D eigenvalue weighted by Gasteiger charge is 2.58. The van der Waals surface area contributed by atoms with E-state index in [0.29, 0.717) is 24.3 Å². The summed E-state index contributed by atoms with van der Waals surface area (Å²) in [6.45, 7) is 0.690. The van der Waals surface area contributed by atoms with Crippen LogP contribution in [0.15, 0.2) is 24.3 Å². The van der Waals surface area contributed by atoms with Gasteiger partial charge in [-0.3, -0.25) is 9.59 Å². The molecule has 4 rings (SSSR count). The van der Waals surface area contributed by atoms with Crippen LogP contribution in [0.5, 0.6) is 0 Å². The summed E-state index contributed by atoms with van der Waals surface area (Å²) in [5.41, 5.74) is 3.22. The van der Waals surface area contributed by atoms with Gasteiger partial charge in [0.25, 0.3) is 0 Å². The second-order valence-corrected chi connectivity index (χ2v) is 6.75. The highest BCUT2D eigenvalue weighted by atomic mass is 16.4. The highest BCUT2D eigenvalue weighted by Crippen LogP contribution is 2.61. The van der Waals surface area contributed by atoms with Crippen molar-refractivity contribution in [3.8, 4) is 0 Å². The number of carbonyl (C=O) groups is 2. The van der Waals surface area contributed by atoms with Gasteiger partial charge in [0.05, 0.1) is 11.8 Å². The topological polar surface area (TPSA) is 66.4 Å². The van der Waals surface area contributed by atoms with E-state index in [1.165, 1.54) is 17.5 Å². The van der Waals surface area contributed by atoms with E-state index in [-0.39, 0.29) is 11.8 Å². The maximum atomic E-state index is 11.9. The van der Waals surface area contributed by atoms with E-state index >= 15 is 0 Å². The molecule has 2 fully saturated rings. The molecule has 4 heteroatoms. The van der Waals surface area contributed by atoms with Gasteiger partial charge in [0.2, 0.25) is 5.91 Å². The molecule has 1 aromatic carbocycles. The van der Waals surface area contributed by atoms with Crippen LogP contribution in [0, 0.1) is 17.8 Å². The van der Waals surface area contributed by atoms with Crippen molar-refractivity contribution in [2.24, 2.45) is 17.8 Å². The zero-order valence-corrected chi connectivity index (χ0v) is 11.8. The Balaban J connectivity index is 1.35. The first kappa shape index (κ1) is 12.9. The third-order valence-corrected chi connectivity index (χ3v) is 5.59. The van der Waals surface area contributed by atoms with Gasteiger partial charge in [0.1, 0.15) is 0 Å². The van der Waals surface area contributed by atoms with Gasteiger partial charge in [-0.1, -0.05) is 24.3 Å². The highest BCUT2D eigenvalue weighted by molar-refractivity contribution is 5.89. The van der Waals surface area contributed by atoms with Crippen molar-refractivity contribution in [3.05, 3.63) is 35.4 Å². The second-order valence-electron chi connectivity index (χ2n) is 6.75. The number of nitrogens with one attached hydrogen (secondary N) is 1. The lowest BCUT2D eigenvalue weighted by Gasteiger charge is -2.12. The van der Waals surface area contributed by atoms with Crippen LogP contribution >= 0.6 is 0 Å². The van der Waals surface area contributed by atoms with Gasteiger partial charge in [-0.15, -0.1) is 0 Å². The minimum absolute atomic E-state index is 0.0734. The summed E-state index contributed by atoms with van der Waals surface area (Å²) in [5.74, 6) is -1.15. The molecule has 1 spiro atoms. The predicted molar refractivity (Wildman–Crippen MR) is 76.8 cm³/mol. The predicted octanol–water partition coefficient (Wildman–Crippen LogP) is 1.73. The molecule has 1 aromatic rings. The number of carbonyl (C=O) groups excluding carboxylic acids is 1. The molecule has 0 bridgehead atoms. The minimum atomic E-state index is -0.845. The number of aryl methyl sites for hydroxylation is 1. The lowest BCUT2D eigenvalue weighted by molar-refractivity contribution is -0.140. The zero-order valence-electron chi connectivity index (χ0n) is 11.8. The Morgan fingerprint density at radius 3 is 2.86 bits per heavy atom. The van der Waals surface area contributed by atoms with E-state index in [1.54, 1.807) is 0 Å². The van der Waals surface area contributed by atoms with Crippen LogP contribution in [0.4, 0.5) is 0 Å². The van der Waals surface area contributed by atoms with E-state index in [4.69, 9.17) is 5.11 Å². The molecule has 0 aliphatic heterocycles. The average Bonchev–Trinajstić information content (AvgIpc) is 3.35. The Bertz CT molecular complexity index is 626. The van der Waals surface area contributed by atoms with E-state index in [0.717, 1.165) is 12.8 Å². The molecule has 3 aliphatic rings. The lowest BCUT2D eigenvalue weighted by Crippen LogP contribution is -2.29. The van der Waals surface area contributed by atoms with Crippen LogP contribution in [-0.2, 0) is 21.4 Å².